The van der Waals surface area contributed by atoms with E-state index in [9.17, 15) is 21.6 Å². The Kier molecular flexibility index (Phi) is 4.93. The summed E-state index contributed by atoms with van der Waals surface area (Å²) in [5, 5.41) is 0. The van der Waals surface area contributed by atoms with Crippen LogP contribution in [-0.4, -0.2) is 80.4 Å². The van der Waals surface area contributed by atoms with Gasteiger partial charge in [0.2, 0.25) is 15.9 Å². The minimum Gasteiger partial charge on any atom is -0.368 e. The molecule has 8 nitrogen and oxygen atoms in total. The van der Waals surface area contributed by atoms with Gasteiger partial charge in [0.1, 0.15) is 5.54 Å². The van der Waals surface area contributed by atoms with E-state index in [-0.39, 0.29) is 30.0 Å². The molecular weight excluding hydrogens is 366 g/mol. The van der Waals surface area contributed by atoms with Crippen molar-refractivity contribution in [2.24, 2.45) is 5.73 Å². The number of primary amides is 1. The van der Waals surface area contributed by atoms with Crippen LogP contribution < -0.4 is 5.73 Å². The molecule has 3 rings (SSSR count). The first kappa shape index (κ1) is 19.1. The summed E-state index contributed by atoms with van der Waals surface area (Å²) < 4.78 is 49.2. The van der Waals surface area contributed by atoms with E-state index in [1.54, 1.807) is 0 Å². The van der Waals surface area contributed by atoms with Crippen LogP contribution in [0.15, 0.2) is 0 Å². The van der Waals surface area contributed by atoms with Gasteiger partial charge in [-0.25, -0.2) is 16.8 Å². The van der Waals surface area contributed by atoms with Gasteiger partial charge in [-0.15, -0.1) is 0 Å². The van der Waals surface area contributed by atoms with Gasteiger partial charge in [-0.2, -0.15) is 4.31 Å². The molecule has 0 aromatic carbocycles. The van der Waals surface area contributed by atoms with Crippen LogP contribution in [0.2, 0.25) is 0 Å². The Morgan fingerprint density at radius 1 is 1.28 bits per heavy atom. The lowest BCUT2D eigenvalue weighted by Crippen LogP contribution is -2.59. The van der Waals surface area contributed by atoms with Gasteiger partial charge in [-0.1, -0.05) is 0 Å². The van der Waals surface area contributed by atoms with E-state index in [0.29, 0.717) is 13.0 Å². The van der Waals surface area contributed by atoms with Gasteiger partial charge in [0, 0.05) is 25.2 Å². The van der Waals surface area contributed by atoms with Gasteiger partial charge < -0.3 is 5.73 Å². The van der Waals surface area contributed by atoms with Crippen molar-refractivity contribution in [3.8, 4) is 0 Å². The summed E-state index contributed by atoms with van der Waals surface area (Å²) in [5.41, 5.74) is 5.03. The van der Waals surface area contributed by atoms with Crippen LogP contribution in [-0.2, 0) is 24.7 Å². The van der Waals surface area contributed by atoms with Gasteiger partial charge >= 0.3 is 0 Å². The fraction of sp³-hybridized carbons (Fsp3) is 0.933. The van der Waals surface area contributed by atoms with Crippen molar-refractivity contribution >= 4 is 25.8 Å². The standard InChI is InChI=1S/C15H27N3O5S2/c1-24(20,21)18(13-5-10-25(22,23)11-13)9-8-17-12-3-2-6-15(17,7-4-12)14(16)19/h12-13H,2-11H2,1H3,(H2,16,19)/t12-,13-,15+/m1/s1. The molecule has 0 aliphatic carbocycles. The average Bonchev–Trinajstić information content (AvgIpc) is 2.92. The van der Waals surface area contributed by atoms with E-state index < -0.39 is 31.4 Å². The van der Waals surface area contributed by atoms with E-state index in [1.165, 1.54) is 4.31 Å². The molecule has 0 radical (unpaired) electrons. The van der Waals surface area contributed by atoms with Crippen molar-refractivity contribution in [3.05, 3.63) is 0 Å². The van der Waals surface area contributed by atoms with E-state index >= 15 is 0 Å². The van der Waals surface area contributed by atoms with Crippen molar-refractivity contribution < 1.29 is 21.6 Å². The number of nitrogens with two attached hydrogens (primary N) is 1. The number of hydrogen-bond acceptors (Lipinski definition) is 6. The van der Waals surface area contributed by atoms with Gasteiger partial charge in [0.15, 0.2) is 9.84 Å². The number of carbonyl (C=O) groups is 1. The summed E-state index contributed by atoms with van der Waals surface area (Å²) in [7, 11) is -6.70. The van der Waals surface area contributed by atoms with Gasteiger partial charge in [-0.05, 0) is 38.5 Å². The van der Waals surface area contributed by atoms with Crippen LogP contribution in [0.25, 0.3) is 0 Å². The Labute approximate surface area is 149 Å². The summed E-state index contributed by atoms with van der Waals surface area (Å²) in [6, 6.07) is -0.248. The predicted molar refractivity (Wildman–Crippen MR) is 94.1 cm³/mol. The topological polar surface area (TPSA) is 118 Å². The number of amides is 1. The molecule has 3 saturated heterocycles. The highest BCUT2D eigenvalue weighted by atomic mass is 32.2. The van der Waals surface area contributed by atoms with Crippen molar-refractivity contribution in [1.82, 2.24) is 9.21 Å². The first-order chi connectivity index (χ1) is 11.6. The number of hydrogen-bond donors (Lipinski definition) is 1. The third kappa shape index (κ3) is 3.58. The first-order valence-electron chi connectivity index (χ1n) is 8.79. The van der Waals surface area contributed by atoms with Crippen molar-refractivity contribution in [2.75, 3.05) is 30.9 Å². The van der Waals surface area contributed by atoms with Crippen LogP contribution in [0, 0.1) is 0 Å². The zero-order valence-electron chi connectivity index (χ0n) is 14.6. The molecule has 1 amide bonds. The number of sulfonamides is 1. The minimum atomic E-state index is -3.53. The van der Waals surface area contributed by atoms with Crippen LogP contribution in [0.4, 0.5) is 0 Å². The molecule has 3 heterocycles. The third-order valence-electron chi connectivity index (χ3n) is 6.07. The maximum atomic E-state index is 12.2. The second-order valence-electron chi connectivity index (χ2n) is 7.60. The SMILES string of the molecule is CS(=O)(=O)N(CCN1[C@@H]2CCC[C@@]1(C(N)=O)CC2)[C@@H]1CCS(=O)(=O)C1. The van der Waals surface area contributed by atoms with Crippen LogP contribution in [0.3, 0.4) is 0 Å². The lowest BCUT2D eigenvalue weighted by atomic mass is 9.87. The molecule has 10 heteroatoms. The predicted octanol–water partition coefficient (Wildman–Crippen LogP) is -0.692. The summed E-state index contributed by atoms with van der Waals surface area (Å²) in [4.78, 5) is 14.2. The lowest BCUT2D eigenvalue weighted by Gasteiger charge is -2.43. The molecule has 3 atom stereocenters. The summed E-state index contributed by atoms with van der Waals surface area (Å²) >= 11 is 0. The van der Waals surface area contributed by atoms with Crippen LogP contribution >= 0.6 is 0 Å². The van der Waals surface area contributed by atoms with Gasteiger partial charge in [0.25, 0.3) is 0 Å². The second kappa shape index (κ2) is 6.47. The molecule has 0 saturated carbocycles. The molecule has 2 N–H and O–H groups in total. The maximum absolute atomic E-state index is 12.2. The Morgan fingerprint density at radius 2 is 2.00 bits per heavy atom. The highest BCUT2D eigenvalue weighted by molar-refractivity contribution is 7.92. The third-order valence-corrected chi connectivity index (χ3v) is 9.15. The zero-order chi connectivity index (χ0) is 18.5. The normalized spacial score (nSPS) is 35.3. The van der Waals surface area contributed by atoms with E-state index in [4.69, 9.17) is 5.73 Å². The first-order valence-corrected chi connectivity index (χ1v) is 12.5. The largest absolute Gasteiger partial charge is 0.368 e. The van der Waals surface area contributed by atoms with E-state index in [1.807, 2.05) is 0 Å². The number of carbonyl (C=O) groups excluding carboxylic acids is 1. The Hall–Kier alpha value is -0.710. The molecule has 0 spiro atoms. The Bertz CT molecular complexity index is 747. The molecule has 0 aromatic heterocycles. The zero-order valence-corrected chi connectivity index (χ0v) is 16.2. The highest BCUT2D eigenvalue weighted by Gasteiger charge is 2.52. The molecular formula is C15H27N3O5S2. The summed E-state index contributed by atoms with van der Waals surface area (Å²) in [6.45, 7) is 0.613. The lowest BCUT2D eigenvalue weighted by molar-refractivity contribution is -0.131. The van der Waals surface area contributed by atoms with E-state index in [0.717, 1.165) is 38.4 Å². The molecule has 3 aliphatic heterocycles. The van der Waals surface area contributed by atoms with Crippen molar-refractivity contribution in [1.29, 1.82) is 0 Å². The number of sulfone groups is 1. The molecule has 144 valence electrons. The van der Waals surface area contributed by atoms with E-state index in [2.05, 4.69) is 4.90 Å². The van der Waals surface area contributed by atoms with Gasteiger partial charge in [-0.3, -0.25) is 9.69 Å². The van der Waals surface area contributed by atoms with Crippen LogP contribution in [0.5, 0.6) is 0 Å². The quantitative estimate of drug-likeness (QED) is 0.638. The molecule has 2 bridgehead atoms. The highest BCUT2D eigenvalue weighted by Crippen LogP contribution is 2.43. The van der Waals surface area contributed by atoms with Crippen molar-refractivity contribution in [3.63, 3.8) is 0 Å². The van der Waals surface area contributed by atoms with Crippen molar-refractivity contribution in [2.45, 2.75) is 56.1 Å². The summed E-state index contributed by atoms with van der Waals surface area (Å²) in [5.74, 6) is -0.421. The number of rotatable bonds is 6. The molecule has 0 aromatic rings. The Balaban J connectivity index is 1.76. The Morgan fingerprint density at radius 3 is 2.56 bits per heavy atom. The average molecular weight is 394 g/mol. The molecule has 25 heavy (non-hydrogen) atoms. The van der Waals surface area contributed by atoms with Gasteiger partial charge in [0.05, 0.1) is 17.8 Å². The fourth-order valence-corrected chi connectivity index (χ4v) is 7.83. The summed E-state index contributed by atoms with van der Waals surface area (Å²) in [6.07, 6.45) is 5.75. The monoisotopic (exact) mass is 393 g/mol. The minimum absolute atomic E-state index is 0.0290. The molecule has 0 unspecified atom stereocenters. The molecule has 3 fully saturated rings. The second-order valence-corrected chi connectivity index (χ2v) is 11.8. The number of nitrogens with zero attached hydrogens (tertiary/aromatic N) is 2. The molecule has 3 aliphatic rings. The number of fused-ring (bicyclic) bond motifs is 2. The number of piperidine rings is 1. The fourth-order valence-electron chi connectivity index (χ4n) is 4.87. The smallest absolute Gasteiger partial charge is 0.237 e. The van der Waals surface area contributed by atoms with Crippen LogP contribution in [0.1, 0.15) is 38.5 Å². The maximum Gasteiger partial charge on any atom is 0.237 e.